The first kappa shape index (κ1) is 12.6. The summed E-state index contributed by atoms with van der Waals surface area (Å²) in [6.07, 6.45) is 2.12. The van der Waals surface area contributed by atoms with E-state index in [2.05, 4.69) is 0 Å². The predicted molar refractivity (Wildman–Crippen MR) is 68.7 cm³/mol. The van der Waals surface area contributed by atoms with E-state index in [0.717, 1.165) is 12.8 Å². The van der Waals surface area contributed by atoms with Crippen molar-refractivity contribution < 1.29 is 9.59 Å². The molecule has 1 aromatic heterocycles. The third kappa shape index (κ3) is 2.53. The van der Waals surface area contributed by atoms with E-state index in [4.69, 9.17) is 11.6 Å². The Bertz CT molecular complexity index is 443. The first-order valence-electron chi connectivity index (χ1n) is 5.72. The molecule has 0 aliphatic carbocycles. The minimum atomic E-state index is -0.280. The second kappa shape index (κ2) is 5.19. The molecule has 0 saturated carbocycles. The number of likely N-dealkylation sites (tertiary alicyclic amines) is 1. The van der Waals surface area contributed by atoms with E-state index < -0.39 is 0 Å². The van der Waals surface area contributed by atoms with Crippen LogP contribution >= 0.6 is 22.9 Å². The zero-order valence-corrected chi connectivity index (χ0v) is 11.2. The number of amides is 1. The maximum absolute atomic E-state index is 12.2. The Morgan fingerprint density at radius 2 is 2.29 bits per heavy atom. The van der Waals surface area contributed by atoms with Crippen molar-refractivity contribution >= 4 is 34.6 Å². The molecule has 0 aromatic carbocycles. The van der Waals surface area contributed by atoms with Crippen LogP contribution in [0.15, 0.2) is 12.1 Å². The van der Waals surface area contributed by atoms with Gasteiger partial charge in [-0.25, -0.2) is 0 Å². The van der Waals surface area contributed by atoms with Gasteiger partial charge in [0.1, 0.15) is 0 Å². The SMILES string of the molecule is CCC(=O)N1CCCC1C(=O)c1ccc(Cl)s1. The lowest BCUT2D eigenvalue weighted by Gasteiger charge is -2.22. The molecule has 1 aliphatic heterocycles. The zero-order chi connectivity index (χ0) is 12.4. The molecule has 1 amide bonds. The van der Waals surface area contributed by atoms with Crippen LogP contribution in [0.1, 0.15) is 35.9 Å². The summed E-state index contributed by atoms with van der Waals surface area (Å²) in [5.41, 5.74) is 0. The Morgan fingerprint density at radius 3 is 2.88 bits per heavy atom. The minimum absolute atomic E-state index is 0.0289. The van der Waals surface area contributed by atoms with Gasteiger partial charge >= 0.3 is 0 Å². The number of rotatable bonds is 3. The Kier molecular flexibility index (Phi) is 3.84. The van der Waals surface area contributed by atoms with Crippen LogP contribution in [0.4, 0.5) is 0 Å². The summed E-state index contributed by atoms with van der Waals surface area (Å²) >= 11 is 7.11. The largest absolute Gasteiger partial charge is 0.332 e. The van der Waals surface area contributed by atoms with Crippen molar-refractivity contribution in [3.8, 4) is 0 Å². The van der Waals surface area contributed by atoms with Gasteiger partial charge in [-0.3, -0.25) is 9.59 Å². The normalized spacial score (nSPS) is 19.6. The van der Waals surface area contributed by atoms with Gasteiger partial charge in [0, 0.05) is 13.0 Å². The van der Waals surface area contributed by atoms with Gasteiger partial charge in [0.2, 0.25) is 5.91 Å². The molecule has 2 rings (SSSR count). The summed E-state index contributed by atoms with van der Waals surface area (Å²) in [6.45, 7) is 2.52. The molecule has 1 atom stereocenters. The van der Waals surface area contributed by atoms with Crippen molar-refractivity contribution in [1.29, 1.82) is 0 Å². The number of hydrogen-bond donors (Lipinski definition) is 0. The molecule has 1 aromatic rings. The first-order chi connectivity index (χ1) is 8.13. The maximum atomic E-state index is 12.2. The van der Waals surface area contributed by atoms with Gasteiger partial charge in [-0.15, -0.1) is 11.3 Å². The molecule has 1 fully saturated rings. The number of hydrogen-bond acceptors (Lipinski definition) is 3. The summed E-state index contributed by atoms with van der Waals surface area (Å²) in [6, 6.07) is 3.18. The fraction of sp³-hybridized carbons (Fsp3) is 0.500. The Morgan fingerprint density at radius 1 is 1.53 bits per heavy atom. The Labute approximate surface area is 109 Å². The quantitative estimate of drug-likeness (QED) is 0.793. The molecule has 1 unspecified atom stereocenters. The van der Waals surface area contributed by atoms with Gasteiger partial charge in [-0.1, -0.05) is 18.5 Å². The molecule has 1 saturated heterocycles. The maximum Gasteiger partial charge on any atom is 0.222 e. The van der Waals surface area contributed by atoms with Crippen molar-refractivity contribution in [3.05, 3.63) is 21.3 Å². The van der Waals surface area contributed by atoms with Crippen molar-refractivity contribution in [3.63, 3.8) is 0 Å². The van der Waals surface area contributed by atoms with Crippen LogP contribution in [-0.4, -0.2) is 29.2 Å². The Hall–Kier alpha value is -0.870. The van der Waals surface area contributed by atoms with Gasteiger partial charge in [0.05, 0.1) is 15.3 Å². The number of Topliss-reactive ketones (excluding diaryl/α,β-unsaturated/α-hetero) is 1. The summed E-state index contributed by atoms with van der Waals surface area (Å²) in [5.74, 6) is 0.0877. The molecule has 5 heteroatoms. The van der Waals surface area contributed by atoms with Crippen LogP contribution < -0.4 is 0 Å². The summed E-state index contributed by atoms with van der Waals surface area (Å²) < 4.78 is 0.611. The lowest BCUT2D eigenvalue weighted by atomic mass is 10.1. The van der Waals surface area contributed by atoms with E-state index in [0.29, 0.717) is 22.2 Å². The van der Waals surface area contributed by atoms with Gasteiger partial charge in [-0.05, 0) is 25.0 Å². The lowest BCUT2D eigenvalue weighted by molar-refractivity contribution is -0.131. The van der Waals surface area contributed by atoms with E-state index in [1.807, 2.05) is 6.92 Å². The first-order valence-corrected chi connectivity index (χ1v) is 6.92. The number of carbonyl (C=O) groups is 2. The van der Waals surface area contributed by atoms with Crippen LogP contribution in [0, 0.1) is 0 Å². The second-order valence-corrected chi connectivity index (χ2v) is 5.78. The highest BCUT2D eigenvalue weighted by Crippen LogP contribution is 2.27. The monoisotopic (exact) mass is 271 g/mol. The van der Waals surface area contributed by atoms with Crippen LogP contribution in [0.25, 0.3) is 0 Å². The molecule has 0 N–H and O–H groups in total. The number of nitrogens with zero attached hydrogens (tertiary/aromatic N) is 1. The van der Waals surface area contributed by atoms with Gasteiger partial charge in [0.25, 0.3) is 0 Å². The summed E-state index contributed by atoms with van der Waals surface area (Å²) in [5, 5.41) is 0. The third-order valence-corrected chi connectivity index (χ3v) is 4.24. The molecule has 0 radical (unpaired) electrons. The molecule has 17 heavy (non-hydrogen) atoms. The van der Waals surface area contributed by atoms with Gasteiger partial charge < -0.3 is 4.90 Å². The van der Waals surface area contributed by atoms with Crippen molar-refractivity contribution in [1.82, 2.24) is 4.90 Å². The summed E-state index contributed by atoms with van der Waals surface area (Å²) in [4.78, 5) is 26.3. The summed E-state index contributed by atoms with van der Waals surface area (Å²) in [7, 11) is 0. The van der Waals surface area contributed by atoms with E-state index in [1.165, 1.54) is 11.3 Å². The van der Waals surface area contributed by atoms with Gasteiger partial charge in [0.15, 0.2) is 5.78 Å². The van der Waals surface area contributed by atoms with Crippen molar-refractivity contribution in [2.75, 3.05) is 6.54 Å². The average Bonchev–Trinajstić information content (AvgIpc) is 2.95. The van der Waals surface area contributed by atoms with Crippen molar-refractivity contribution in [2.24, 2.45) is 0 Å². The number of ketones is 1. The highest BCUT2D eigenvalue weighted by atomic mass is 35.5. The van der Waals surface area contributed by atoms with Crippen molar-refractivity contribution in [2.45, 2.75) is 32.2 Å². The van der Waals surface area contributed by atoms with E-state index in [1.54, 1.807) is 17.0 Å². The highest BCUT2D eigenvalue weighted by molar-refractivity contribution is 7.18. The highest BCUT2D eigenvalue weighted by Gasteiger charge is 2.34. The van der Waals surface area contributed by atoms with E-state index >= 15 is 0 Å². The zero-order valence-electron chi connectivity index (χ0n) is 9.61. The van der Waals surface area contributed by atoms with E-state index in [9.17, 15) is 9.59 Å². The number of halogens is 1. The van der Waals surface area contributed by atoms with Crippen LogP contribution in [0.3, 0.4) is 0 Å². The van der Waals surface area contributed by atoms with Crippen LogP contribution in [0.2, 0.25) is 4.34 Å². The average molecular weight is 272 g/mol. The number of thiophene rings is 1. The third-order valence-electron chi connectivity index (χ3n) is 2.99. The molecule has 92 valence electrons. The molecule has 0 bridgehead atoms. The fourth-order valence-corrected chi connectivity index (χ4v) is 3.18. The minimum Gasteiger partial charge on any atom is -0.332 e. The van der Waals surface area contributed by atoms with Crippen LogP contribution in [0.5, 0.6) is 0 Å². The molecular weight excluding hydrogens is 258 g/mol. The second-order valence-electron chi connectivity index (χ2n) is 4.07. The van der Waals surface area contributed by atoms with Crippen LogP contribution in [-0.2, 0) is 4.79 Å². The molecule has 3 nitrogen and oxygen atoms in total. The lowest BCUT2D eigenvalue weighted by Crippen LogP contribution is -2.39. The molecule has 1 aliphatic rings. The topological polar surface area (TPSA) is 37.4 Å². The standard InChI is InChI=1S/C12H14ClNO2S/c1-2-11(15)14-7-3-4-8(14)12(16)9-5-6-10(13)17-9/h5-6,8H,2-4,7H2,1H3. The fourth-order valence-electron chi connectivity index (χ4n) is 2.15. The van der Waals surface area contributed by atoms with E-state index in [-0.39, 0.29) is 17.7 Å². The van der Waals surface area contributed by atoms with Gasteiger partial charge in [-0.2, -0.15) is 0 Å². The predicted octanol–water partition coefficient (Wildman–Crippen LogP) is 2.99. The smallest absolute Gasteiger partial charge is 0.222 e. The Balaban J connectivity index is 2.16. The molecule has 0 spiro atoms. The number of carbonyl (C=O) groups excluding carboxylic acids is 2. The molecular formula is C12H14ClNO2S. The molecule has 2 heterocycles.